The number of aromatic nitrogens is 2. The molecule has 0 spiro atoms. The molecule has 0 radical (unpaired) electrons. The predicted molar refractivity (Wildman–Crippen MR) is 75.7 cm³/mol. The molecule has 2 N–H and O–H groups in total. The number of imidazole rings is 1. The lowest BCUT2D eigenvalue weighted by Crippen LogP contribution is -2.06. The normalized spacial score (nSPS) is 15.8. The van der Waals surface area contributed by atoms with E-state index in [-0.39, 0.29) is 0 Å². The van der Waals surface area contributed by atoms with Gasteiger partial charge in [-0.25, -0.2) is 4.98 Å². The lowest BCUT2D eigenvalue weighted by Gasteiger charge is -2.10. The first kappa shape index (κ1) is 12.8. The van der Waals surface area contributed by atoms with Crippen molar-refractivity contribution in [1.82, 2.24) is 9.55 Å². The monoisotopic (exact) mass is 253 g/mol. The lowest BCUT2D eigenvalue weighted by molar-refractivity contribution is 0.646. The van der Waals surface area contributed by atoms with Crippen LogP contribution in [0.3, 0.4) is 0 Å². The van der Waals surface area contributed by atoms with Crippen molar-refractivity contribution in [3.8, 4) is 0 Å². The van der Waals surface area contributed by atoms with Gasteiger partial charge in [0.25, 0.3) is 0 Å². The Hall–Kier alpha value is -0.640. The molecule has 1 saturated carbocycles. The van der Waals surface area contributed by atoms with Crippen molar-refractivity contribution in [3.05, 3.63) is 11.5 Å². The quantitative estimate of drug-likeness (QED) is 0.792. The van der Waals surface area contributed by atoms with Gasteiger partial charge < -0.3 is 10.3 Å². The Labute approximate surface area is 108 Å². The maximum Gasteiger partial charge on any atom is 0.127 e. The van der Waals surface area contributed by atoms with Crippen LogP contribution in [-0.4, -0.2) is 21.6 Å². The third kappa shape index (κ3) is 2.79. The Balaban J connectivity index is 2.18. The van der Waals surface area contributed by atoms with Crippen LogP contribution in [-0.2, 0) is 6.42 Å². The fourth-order valence-electron chi connectivity index (χ4n) is 2.20. The molecule has 0 aliphatic heterocycles. The van der Waals surface area contributed by atoms with Crippen LogP contribution in [0.2, 0.25) is 0 Å². The summed E-state index contributed by atoms with van der Waals surface area (Å²) in [4.78, 5) is 4.77. The SMILES string of the molecule is CSCCCc1nc(C(C)C)n(C2CC2)c1N. The molecule has 2 rings (SSSR count). The topological polar surface area (TPSA) is 43.8 Å². The molecule has 0 aromatic carbocycles. The van der Waals surface area contributed by atoms with Crippen LogP contribution in [0.4, 0.5) is 5.82 Å². The number of thioether (sulfide) groups is 1. The fraction of sp³-hybridized carbons (Fsp3) is 0.769. The molecule has 1 aromatic heterocycles. The van der Waals surface area contributed by atoms with Crippen molar-refractivity contribution in [3.63, 3.8) is 0 Å². The highest BCUT2D eigenvalue weighted by molar-refractivity contribution is 7.98. The summed E-state index contributed by atoms with van der Waals surface area (Å²) in [6, 6.07) is 0.634. The first-order chi connectivity index (χ1) is 8.15. The summed E-state index contributed by atoms with van der Waals surface area (Å²) < 4.78 is 2.29. The van der Waals surface area contributed by atoms with E-state index in [0.29, 0.717) is 12.0 Å². The van der Waals surface area contributed by atoms with E-state index < -0.39 is 0 Å². The van der Waals surface area contributed by atoms with Gasteiger partial charge in [0.1, 0.15) is 11.6 Å². The third-order valence-corrected chi connectivity index (χ3v) is 3.94. The van der Waals surface area contributed by atoms with Crippen molar-refractivity contribution in [2.24, 2.45) is 0 Å². The molecule has 1 heterocycles. The van der Waals surface area contributed by atoms with Crippen molar-refractivity contribution < 1.29 is 0 Å². The maximum absolute atomic E-state index is 6.26. The Kier molecular flexibility index (Phi) is 4.02. The summed E-state index contributed by atoms with van der Waals surface area (Å²) in [5.74, 6) is 3.76. The molecule has 0 unspecified atom stereocenters. The summed E-state index contributed by atoms with van der Waals surface area (Å²) in [6.07, 6.45) is 6.87. The minimum Gasteiger partial charge on any atom is -0.384 e. The van der Waals surface area contributed by atoms with Crippen LogP contribution in [0, 0.1) is 0 Å². The van der Waals surface area contributed by atoms with Crippen molar-refractivity contribution in [2.45, 2.75) is 51.5 Å². The number of aryl methyl sites for hydroxylation is 1. The zero-order chi connectivity index (χ0) is 12.4. The molecule has 0 atom stereocenters. The molecule has 17 heavy (non-hydrogen) atoms. The lowest BCUT2D eigenvalue weighted by atomic mass is 10.2. The summed E-state index contributed by atoms with van der Waals surface area (Å²) in [5.41, 5.74) is 7.38. The summed E-state index contributed by atoms with van der Waals surface area (Å²) in [7, 11) is 0. The molecule has 1 aromatic rings. The standard InChI is InChI=1S/C13H23N3S/c1-9(2)13-15-11(5-4-8-17-3)12(14)16(13)10-6-7-10/h9-10H,4-8,14H2,1-3H3. The molecule has 0 bridgehead atoms. The first-order valence-electron chi connectivity index (χ1n) is 6.50. The van der Waals surface area contributed by atoms with E-state index in [4.69, 9.17) is 10.7 Å². The van der Waals surface area contributed by atoms with E-state index in [2.05, 4.69) is 24.7 Å². The maximum atomic E-state index is 6.26. The second-order valence-corrected chi connectivity index (χ2v) is 6.14. The van der Waals surface area contributed by atoms with Gasteiger partial charge in [-0.2, -0.15) is 11.8 Å². The Morgan fingerprint density at radius 2 is 2.18 bits per heavy atom. The average Bonchev–Trinajstić information content (AvgIpc) is 3.05. The van der Waals surface area contributed by atoms with Gasteiger partial charge in [0.15, 0.2) is 0 Å². The van der Waals surface area contributed by atoms with E-state index in [1.165, 1.54) is 30.8 Å². The molecular weight excluding hydrogens is 230 g/mol. The Morgan fingerprint density at radius 1 is 1.47 bits per heavy atom. The molecule has 1 fully saturated rings. The fourth-order valence-corrected chi connectivity index (χ4v) is 2.64. The molecule has 96 valence electrons. The van der Waals surface area contributed by atoms with E-state index in [0.717, 1.165) is 17.9 Å². The molecule has 1 aliphatic rings. The van der Waals surface area contributed by atoms with E-state index in [1.807, 2.05) is 11.8 Å². The van der Waals surface area contributed by atoms with Gasteiger partial charge in [-0.1, -0.05) is 13.8 Å². The van der Waals surface area contributed by atoms with Crippen LogP contribution in [0.1, 0.15) is 56.6 Å². The van der Waals surface area contributed by atoms with Crippen LogP contribution < -0.4 is 5.73 Å². The van der Waals surface area contributed by atoms with Crippen LogP contribution in [0.25, 0.3) is 0 Å². The predicted octanol–water partition coefficient (Wildman–Crippen LogP) is 3.22. The van der Waals surface area contributed by atoms with Crippen LogP contribution in [0.15, 0.2) is 0 Å². The summed E-state index contributed by atoms with van der Waals surface area (Å²) in [6.45, 7) is 4.40. The average molecular weight is 253 g/mol. The van der Waals surface area contributed by atoms with Crippen molar-refractivity contribution in [1.29, 1.82) is 0 Å². The second-order valence-electron chi connectivity index (χ2n) is 5.15. The van der Waals surface area contributed by atoms with Gasteiger partial charge in [-0.15, -0.1) is 0 Å². The zero-order valence-corrected chi connectivity index (χ0v) is 11.9. The molecule has 3 nitrogen and oxygen atoms in total. The number of nitrogens with two attached hydrogens (primary N) is 1. The smallest absolute Gasteiger partial charge is 0.127 e. The summed E-state index contributed by atoms with van der Waals surface area (Å²) >= 11 is 1.89. The van der Waals surface area contributed by atoms with Gasteiger partial charge in [0.2, 0.25) is 0 Å². The van der Waals surface area contributed by atoms with Gasteiger partial charge in [-0.3, -0.25) is 0 Å². The zero-order valence-electron chi connectivity index (χ0n) is 11.1. The number of hydrogen-bond donors (Lipinski definition) is 1. The summed E-state index contributed by atoms with van der Waals surface area (Å²) in [5, 5.41) is 0. The number of nitrogen functional groups attached to an aromatic ring is 1. The van der Waals surface area contributed by atoms with E-state index in [1.54, 1.807) is 0 Å². The van der Waals surface area contributed by atoms with Gasteiger partial charge in [0, 0.05) is 12.0 Å². The van der Waals surface area contributed by atoms with Gasteiger partial charge >= 0.3 is 0 Å². The Morgan fingerprint density at radius 3 is 2.71 bits per heavy atom. The minimum absolute atomic E-state index is 0.465. The van der Waals surface area contributed by atoms with Crippen molar-refractivity contribution >= 4 is 17.6 Å². The molecule has 1 aliphatic carbocycles. The molecular formula is C13H23N3S. The molecule has 0 saturated heterocycles. The van der Waals surface area contributed by atoms with Gasteiger partial charge in [-0.05, 0) is 37.7 Å². The second kappa shape index (κ2) is 5.34. The van der Waals surface area contributed by atoms with Crippen LogP contribution in [0.5, 0.6) is 0 Å². The third-order valence-electron chi connectivity index (χ3n) is 3.24. The first-order valence-corrected chi connectivity index (χ1v) is 7.90. The van der Waals surface area contributed by atoms with E-state index in [9.17, 15) is 0 Å². The number of hydrogen-bond acceptors (Lipinski definition) is 3. The van der Waals surface area contributed by atoms with Crippen molar-refractivity contribution in [2.75, 3.05) is 17.7 Å². The Bertz CT molecular complexity index is 380. The molecule has 0 amide bonds. The van der Waals surface area contributed by atoms with Gasteiger partial charge in [0.05, 0.1) is 5.69 Å². The molecule has 4 heteroatoms. The highest BCUT2D eigenvalue weighted by Gasteiger charge is 2.30. The minimum atomic E-state index is 0.465. The van der Waals surface area contributed by atoms with Crippen LogP contribution >= 0.6 is 11.8 Å². The highest BCUT2D eigenvalue weighted by atomic mass is 32.2. The van der Waals surface area contributed by atoms with E-state index >= 15 is 0 Å². The number of rotatable bonds is 6. The highest BCUT2D eigenvalue weighted by Crippen LogP contribution is 2.40. The number of anilines is 1. The number of nitrogens with zero attached hydrogens (tertiary/aromatic N) is 2. The largest absolute Gasteiger partial charge is 0.384 e.